The molecular weight excluding hydrogens is 399 g/mol. The van der Waals surface area contributed by atoms with Gasteiger partial charge in [-0.3, -0.25) is 9.59 Å². The highest BCUT2D eigenvalue weighted by Gasteiger charge is 2.15. The van der Waals surface area contributed by atoms with E-state index in [2.05, 4.69) is 10.6 Å². The molecule has 0 aliphatic heterocycles. The number of anilines is 2. The van der Waals surface area contributed by atoms with E-state index in [9.17, 15) is 14.0 Å². The minimum Gasteiger partial charge on any atom is -0.494 e. The van der Waals surface area contributed by atoms with E-state index < -0.39 is 6.10 Å². The SMILES string of the molecule is CCOc1ccc(NC(=O)[C@H](C)Oc2ccc(C(=O)Nc3ccc(F)cc3)cc2)cc1. The fourth-order valence-electron chi connectivity index (χ4n) is 2.72. The Balaban J connectivity index is 1.53. The summed E-state index contributed by atoms with van der Waals surface area (Å²) in [7, 11) is 0. The lowest BCUT2D eigenvalue weighted by Crippen LogP contribution is -2.30. The molecule has 3 aromatic rings. The lowest BCUT2D eigenvalue weighted by Gasteiger charge is -2.15. The second-order valence-corrected chi connectivity index (χ2v) is 6.69. The normalized spacial score (nSPS) is 11.3. The lowest BCUT2D eigenvalue weighted by atomic mass is 10.2. The van der Waals surface area contributed by atoms with Gasteiger partial charge in [0.25, 0.3) is 11.8 Å². The van der Waals surface area contributed by atoms with E-state index in [1.165, 1.54) is 24.3 Å². The van der Waals surface area contributed by atoms with Gasteiger partial charge in [0.1, 0.15) is 17.3 Å². The predicted octanol–water partition coefficient (Wildman–Crippen LogP) is 4.88. The average Bonchev–Trinajstić information content (AvgIpc) is 2.77. The summed E-state index contributed by atoms with van der Waals surface area (Å²) in [5, 5.41) is 5.47. The monoisotopic (exact) mass is 422 g/mol. The van der Waals surface area contributed by atoms with Crippen molar-refractivity contribution in [3.63, 3.8) is 0 Å². The summed E-state index contributed by atoms with van der Waals surface area (Å²) in [6, 6.07) is 19.0. The maximum atomic E-state index is 13.0. The highest BCUT2D eigenvalue weighted by Crippen LogP contribution is 2.18. The van der Waals surface area contributed by atoms with Crippen LogP contribution in [0.25, 0.3) is 0 Å². The van der Waals surface area contributed by atoms with Crippen molar-refractivity contribution in [1.82, 2.24) is 0 Å². The van der Waals surface area contributed by atoms with Crippen LogP contribution in [0.4, 0.5) is 15.8 Å². The van der Waals surface area contributed by atoms with E-state index in [0.29, 0.717) is 29.3 Å². The number of ether oxygens (including phenoxy) is 2. The molecule has 1 atom stereocenters. The van der Waals surface area contributed by atoms with Crippen molar-refractivity contribution in [2.24, 2.45) is 0 Å². The van der Waals surface area contributed by atoms with Crippen molar-refractivity contribution in [1.29, 1.82) is 0 Å². The third-order valence-electron chi connectivity index (χ3n) is 4.33. The number of halogens is 1. The van der Waals surface area contributed by atoms with Gasteiger partial charge >= 0.3 is 0 Å². The molecule has 0 aromatic heterocycles. The largest absolute Gasteiger partial charge is 0.494 e. The van der Waals surface area contributed by atoms with Crippen molar-refractivity contribution >= 4 is 23.2 Å². The number of hydrogen-bond donors (Lipinski definition) is 2. The van der Waals surface area contributed by atoms with Gasteiger partial charge < -0.3 is 20.1 Å². The zero-order valence-corrected chi connectivity index (χ0v) is 17.2. The molecule has 0 spiro atoms. The van der Waals surface area contributed by atoms with E-state index in [1.807, 2.05) is 6.92 Å². The van der Waals surface area contributed by atoms with Crippen LogP contribution in [0.3, 0.4) is 0 Å². The van der Waals surface area contributed by atoms with Gasteiger partial charge in [-0.05, 0) is 86.6 Å². The molecule has 0 bridgehead atoms. The fraction of sp³-hybridized carbons (Fsp3) is 0.167. The van der Waals surface area contributed by atoms with Crippen LogP contribution in [0.5, 0.6) is 11.5 Å². The zero-order chi connectivity index (χ0) is 22.2. The van der Waals surface area contributed by atoms with Crippen LogP contribution in [0.2, 0.25) is 0 Å². The topological polar surface area (TPSA) is 76.7 Å². The van der Waals surface area contributed by atoms with Crippen LogP contribution < -0.4 is 20.1 Å². The molecule has 160 valence electrons. The predicted molar refractivity (Wildman–Crippen MR) is 117 cm³/mol. The van der Waals surface area contributed by atoms with Crippen molar-refractivity contribution in [2.45, 2.75) is 20.0 Å². The fourth-order valence-corrected chi connectivity index (χ4v) is 2.72. The summed E-state index contributed by atoms with van der Waals surface area (Å²) < 4.78 is 24.0. The van der Waals surface area contributed by atoms with E-state index >= 15 is 0 Å². The van der Waals surface area contributed by atoms with Gasteiger partial charge in [0, 0.05) is 16.9 Å². The van der Waals surface area contributed by atoms with Crippen molar-refractivity contribution in [2.75, 3.05) is 17.2 Å². The standard InChI is InChI=1S/C24H23FN2O4/c1-3-30-21-14-10-20(11-15-21)26-23(28)16(2)31-22-12-4-17(5-13-22)24(29)27-19-8-6-18(25)7-9-19/h4-16H,3H2,1-2H3,(H,26,28)(H,27,29)/t16-/m0/s1. The number of nitrogens with one attached hydrogen (secondary N) is 2. The van der Waals surface area contributed by atoms with Crippen molar-refractivity contribution < 1.29 is 23.5 Å². The molecule has 0 aliphatic rings. The van der Waals surface area contributed by atoms with Gasteiger partial charge in [-0.15, -0.1) is 0 Å². The van der Waals surface area contributed by atoms with Gasteiger partial charge in [-0.1, -0.05) is 0 Å². The molecule has 3 aromatic carbocycles. The molecule has 3 rings (SSSR count). The second kappa shape index (κ2) is 10.2. The molecule has 7 heteroatoms. The minimum absolute atomic E-state index is 0.303. The first-order valence-corrected chi connectivity index (χ1v) is 9.82. The minimum atomic E-state index is -0.745. The highest BCUT2D eigenvalue weighted by molar-refractivity contribution is 6.04. The number of rotatable bonds is 8. The molecule has 0 radical (unpaired) electrons. The number of benzene rings is 3. The molecule has 0 aliphatic carbocycles. The summed E-state index contributed by atoms with van der Waals surface area (Å²) in [6.45, 7) is 4.11. The van der Waals surface area contributed by atoms with Gasteiger partial charge in [-0.25, -0.2) is 4.39 Å². The zero-order valence-electron chi connectivity index (χ0n) is 17.2. The van der Waals surface area contributed by atoms with Crippen molar-refractivity contribution in [3.8, 4) is 11.5 Å². The Kier molecular flexibility index (Phi) is 7.22. The molecule has 0 unspecified atom stereocenters. The van der Waals surface area contributed by atoms with E-state index in [-0.39, 0.29) is 17.6 Å². The van der Waals surface area contributed by atoms with Crippen LogP contribution in [0, 0.1) is 5.82 Å². The first-order chi connectivity index (χ1) is 14.9. The van der Waals surface area contributed by atoms with Crippen LogP contribution in [0.15, 0.2) is 72.8 Å². The Morgan fingerprint density at radius 1 is 0.839 bits per heavy atom. The molecule has 6 nitrogen and oxygen atoms in total. The number of hydrogen-bond acceptors (Lipinski definition) is 4. The average molecular weight is 422 g/mol. The van der Waals surface area contributed by atoms with Gasteiger partial charge in [0.2, 0.25) is 0 Å². The Hall–Kier alpha value is -3.87. The number of amides is 2. The van der Waals surface area contributed by atoms with E-state index in [1.54, 1.807) is 55.5 Å². The van der Waals surface area contributed by atoms with Crippen molar-refractivity contribution in [3.05, 3.63) is 84.2 Å². The second-order valence-electron chi connectivity index (χ2n) is 6.69. The number of carbonyl (C=O) groups excluding carboxylic acids is 2. The Morgan fingerprint density at radius 3 is 2.00 bits per heavy atom. The molecule has 2 amide bonds. The lowest BCUT2D eigenvalue weighted by molar-refractivity contribution is -0.122. The molecule has 0 heterocycles. The molecule has 0 saturated carbocycles. The van der Waals surface area contributed by atoms with E-state index in [0.717, 1.165) is 5.75 Å². The molecule has 31 heavy (non-hydrogen) atoms. The van der Waals surface area contributed by atoms with Crippen LogP contribution in [-0.2, 0) is 4.79 Å². The summed E-state index contributed by atoms with van der Waals surface area (Å²) in [6.07, 6.45) is -0.745. The molecule has 0 saturated heterocycles. The van der Waals surface area contributed by atoms with Crippen LogP contribution in [0.1, 0.15) is 24.2 Å². The summed E-state index contributed by atoms with van der Waals surface area (Å²) in [5.41, 5.74) is 1.53. The molecular formula is C24H23FN2O4. The third kappa shape index (κ3) is 6.30. The van der Waals surface area contributed by atoms with Gasteiger partial charge in [-0.2, -0.15) is 0 Å². The third-order valence-corrected chi connectivity index (χ3v) is 4.33. The first-order valence-electron chi connectivity index (χ1n) is 9.82. The highest BCUT2D eigenvalue weighted by atomic mass is 19.1. The maximum absolute atomic E-state index is 13.0. The van der Waals surface area contributed by atoms with Gasteiger partial charge in [0.15, 0.2) is 6.10 Å². The van der Waals surface area contributed by atoms with Crippen LogP contribution >= 0.6 is 0 Å². The quantitative estimate of drug-likeness (QED) is 0.542. The molecule has 0 fully saturated rings. The van der Waals surface area contributed by atoms with E-state index in [4.69, 9.17) is 9.47 Å². The first kappa shape index (κ1) is 21.8. The summed E-state index contributed by atoms with van der Waals surface area (Å²) >= 11 is 0. The Morgan fingerprint density at radius 2 is 1.39 bits per heavy atom. The summed E-state index contributed by atoms with van der Waals surface area (Å²) in [4.78, 5) is 24.7. The molecule has 2 N–H and O–H groups in total. The smallest absolute Gasteiger partial charge is 0.265 e. The Bertz CT molecular complexity index is 1020. The van der Waals surface area contributed by atoms with Crippen LogP contribution in [-0.4, -0.2) is 24.5 Å². The maximum Gasteiger partial charge on any atom is 0.265 e. The Labute approximate surface area is 180 Å². The van der Waals surface area contributed by atoms with Gasteiger partial charge in [0.05, 0.1) is 6.61 Å². The number of carbonyl (C=O) groups is 2. The summed E-state index contributed by atoms with van der Waals surface area (Å²) in [5.74, 6) is 0.169.